The van der Waals surface area contributed by atoms with E-state index < -0.39 is 0 Å². The predicted molar refractivity (Wildman–Crippen MR) is 120 cm³/mol. The predicted octanol–water partition coefficient (Wildman–Crippen LogP) is 4.41. The van der Waals surface area contributed by atoms with Gasteiger partial charge < -0.3 is 20.4 Å². The van der Waals surface area contributed by atoms with Gasteiger partial charge in [0.25, 0.3) is 0 Å². The Morgan fingerprint density at radius 1 is 1.10 bits per heavy atom. The van der Waals surface area contributed by atoms with E-state index in [1.165, 1.54) is 6.20 Å². The Morgan fingerprint density at radius 3 is 2.41 bits per heavy atom. The van der Waals surface area contributed by atoms with Crippen LogP contribution >= 0.6 is 23.2 Å². The maximum atomic E-state index is 11.6. The molecule has 0 radical (unpaired) electrons. The van der Waals surface area contributed by atoms with Crippen molar-refractivity contribution in [2.24, 2.45) is 0 Å². The van der Waals surface area contributed by atoms with Crippen molar-refractivity contribution < 1.29 is 4.79 Å². The maximum Gasteiger partial charge on any atom is 0.224 e. The number of rotatable bonds is 4. The van der Waals surface area contributed by atoms with Crippen molar-refractivity contribution in [2.45, 2.75) is 33.2 Å². The Kier molecular flexibility index (Phi) is 6.39. The van der Waals surface area contributed by atoms with Gasteiger partial charge in [-0.25, -0.2) is 4.98 Å². The number of halogens is 2. The van der Waals surface area contributed by atoms with Crippen LogP contribution in [0.1, 0.15) is 27.7 Å². The van der Waals surface area contributed by atoms with Crippen molar-refractivity contribution in [1.29, 1.82) is 0 Å². The average Bonchev–Trinajstić information content (AvgIpc) is 2.65. The molecule has 0 spiro atoms. The Labute approximate surface area is 181 Å². The summed E-state index contributed by atoms with van der Waals surface area (Å²) in [5.41, 5.74) is 2.71. The first-order valence-corrected chi connectivity index (χ1v) is 10.3. The third-order valence-corrected chi connectivity index (χ3v) is 5.03. The monoisotopic (exact) mass is 436 g/mol. The number of aromatic nitrogens is 2. The molecule has 0 saturated carbocycles. The van der Waals surface area contributed by atoms with E-state index in [9.17, 15) is 4.79 Å². The highest BCUT2D eigenvalue weighted by Crippen LogP contribution is 2.34. The molecule has 0 aliphatic carbocycles. The number of carbonyl (C=O) groups is 1. The molecule has 2 N–H and O–H groups in total. The van der Waals surface area contributed by atoms with Gasteiger partial charge >= 0.3 is 0 Å². The average molecular weight is 437 g/mol. The zero-order valence-electron chi connectivity index (χ0n) is 17.1. The normalized spacial score (nSPS) is 14.7. The van der Waals surface area contributed by atoms with Crippen LogP contribution in [-0.4, -0.2) is 52.5 Å². The van der Waals surface area contributed by atoms with E-state index in [0.717, 1.165) is 43.2 Å². The number of amides is 1. The number of nitrogens with one attached hydrogen (secondary N) is 2. The lowest BCUT2D eigenvalue weighted by Gasteiger charge is -2.36. The summed E-state index contributed by atoms with van der Waals surface area (Å²) in [4.78, 5) is 23.8. The molecule has 0 atom stereocenters. The maximum absolute atomic E-state index is 11.6. The summed E-state index contributed by atoms with van der Waals surface area (Å²) in [6, 6.07) is 6.15. The highest BCUT2D eigenvalue weighted by Gasteiger charge is 2.21. The summed E-state index contributed by atoms with van der Waals surface area (Å²) in [6.07, 6.45) is 1.47. The van der Waals surface area contributed by atoms with Gasteiger partial charge in [0.05, 0.1) is 17.6 Å². The van der Waals surface area contributed by atoms with Gasteiger partial charge in [0.2, 0.25) is 11.2 Å². The summed E-state index contributed by atoms with van der Waals surface area (Å²) >= 11 is 12.1. The summed E-state index contributed by atoms with van der Waals surface area (Å²) in [5, 5.41) is 7.31. The second-order valence-corrected chi connectivity index (χ2v) is 8.80. The van der Waals surface area contributed by atoms with Gasteiger partial charge in [0.1, 0.15) is 5.02 Å². The zero-order valence-corrected chi connectivity index (χ0v) is 18.6. The topological polar surface area (TPSA) is 73.4 Å². The molecule has 156 valence electrons. The molecule has 0 unspecified atom stereocenters. The Hall–Kier alpha value is -2.25. The third-order valence-electron chi connectivity index (χ3n) is 4.57. The van der Waals surface area contributed by atoms with E-state index >= 15 is 0 Å². The smallest absolute Gasteiger partial charge is 0.224 e. The number of piperazine rings is 1. The largest absolute Gasteiger partial charge is 0.379 e. The molecule has 1 aliphatic rings. The van der Waals surface area contributed by atoms with Crippen molar-refractivity contribution >= 4 is 52.0 Å². The summed E-state index contributed by atoms with van der Waals surface area (Å²) in [5.74, 6) is 0.575. The second kappa shape index (κ2) is 8.63. The highest BCUT2D eigenvalue weighted by molar-refractivity contribution is 6.33. The van der Waals surface area contributed by atoms with E-state index in [1.807, 2.05) is 11.0 Å². The van der Waals surface area contributed by atoms with Crippen LogP contribution in [0.2, 0.25) is 10.3 Å². The summed E-state index contributed by atoms with van der Waals surface area (Å²) < 4.78 is 0. The number of benzene rings is 1. The van der Waals surface area contributed by atoms with Crippen LogP contribution in [0.5, 0.6) is 0 Å². The number of hydrogen-bond donors (Lipinski definition) is 2. The number of hydrogen-bond acceptors (Lipinski definition) is 6. The van der Waals surface area contributed by atoms with Crippen LogP contribution in [0.3, 0.4) is 0 Å². The molecule has 0 bridgehead atoms. The Morgan fingerprint density at radius 2 is 1.79 bits per heavy atom. The van der Waals surface area contributed by atoms with Gasteiger partial charge in [0, 0.05) is 44.3 Å². The first-order chi connectivity index (χ1) is 13.6. The molecule has 7 nitrogen and oxygen atoms in total. The highest BCUT2D eigenvalue weighted by atomic mass is 35.5. The molecule has 1 amide bonds. The minimum atomic E-state index is -0.143. The zero-order chi connectivity index (χ0) is 21.2. The number of carbonyl (C=O) groups excluding carboxylic acids is 1. The molecule has 9 heteroatoms. The van der Waals surface area contributed by atoms with Crippen molar-refractivity contribution in [3.8, 4) is 0 Å². The van der Waals surface area contributed by atoms with Crippen LogP contribution in [0.4, 0.5) is 22.9 Å². The lowest BCUT2D eigenvalue weighted by Crippen LogP contribution is -2.48. The van der Waals surface area contributed by atoms with Gasteiger partial charge in [0.15, 0.2) is 5.82 Å². The van der Waals surface area contributed by atoms with Crippen molar-refractivity contribution in [3.63, 3.8) is 0 Å². The Balaban J connectivity index is 1.87. The van der Waals surface area contributed by atoms with Gasteiger partial charge in [-0.2, -0.15) is 4.98 Å². The fourth-order valence-electron chi connectivity index (χ4n) is 3.19. The first kappa shape index (κ1) is 21.5. The van der Waals surface area contributed by atoms with E-state index in [-0.39, 0.29) is 16.7 Å². The standard InChI is InChI=1S/C20H26Cl2N6O/c1-13(29)27-7-9-28(10-8-27)14-5-6-16(17(11-14)26-20(2,3)4)24-18-15(21)12-23-19(22)25-18/h5-6,11-12,26H,7-10H2,1-4H3,(H,23,24,25). The molecular weight excluding hydrogens is 411 g/mol. The van der Waals surface area contributed by atoms with Gasteiger partial charge in [-0.05, 0) is 50.6 Å². The lowest BCUT2D eigenvalue weighted by molar-refractivity contribution is -0.129. The molecule has 1 aliphatic heterocycles. The van der Waals surface area contributed by atoms with E-state index in [1.54, 1.807) is 6.92 Å². The van der Waals surface area contributed by atoms with Crippen LogP contribution in [0.25, 0.3) is 0 Å². The quantitative estimate of drug-likeness (QED) is 0.691. The molecule has 3 rings (SSSR count). The summed E-state index contributed by atoms with van der Waals surface area (Å²) in [6.45, 7) is 11.0. The van der Waals surface area contributed by atoms with Gasteiger partial charge in [-0.1, -0.05) is 11.6 Å². The minimum absolute atomic E-state index is 0.125. The third kappa shape index (κ3) is 5.64. The van der Waals surface area contributed by atoms with Crippen LogP contribution in [0, 0.1) is 0 Å². The van der Waals surface area contributed by atoms with E-state index in [4.69, 9.17) is 23.2 Å². The van der Waals surface area contributed by atoms with Gasteiger partial charge in [-0.3, -0.25) is 4.79 Å². The molecule has 29 heavy (non-hydrogen) atoms. The molecular formula is C20H26Cl2N6O. The second-order valence-electron chi connectivity index (χ2n) is 8.06. The number of nitrogens with zero attached hydrogens (tertiary/aromatic N) is 4. The molecule has 1 aromatic carbocycles. The van der Waals surface area contributed by atoms with Crippen molar-refractivity contribution in [2.75, 3.05) is 41.7 Å². The molecule has 1 aromatic heterocycles. The molecule has 1 fully saturated rings. The van der Waals surface area contributed by atoms with Gasteiger partial charge in [-0.15, -0.1) is 0 Å². The summed E-state index contributed by atoms with van der Waals surface area (Å²) in [7, 11) is 0. The molecule has 2 aromatic rings. The lowest BCUT2D eigenvalue weighted by atomic mass is 10.1. The van der Waals surface area contributed by atoms with Crippen molar-refractivity contribution in [1.82, 2.24) is 14.9 Å². The molecule has 1 saturated heterocycles. The fraction of sp³-hybridized carbons (Fsp3) is 0.450. The van der Waals surface area contributed by atoms with Crippen LogP contribution in [-0.2, 0) is 4.79 Å². The van der Waals surface area contributed by atoms with Crippen LogP contribution < -0.4 is 15.5 Å². The van der Waals surface area contributed by atoms with Crippen LogP contribution in [0.15, 0.2) is 24.4 Å². The minimum Gasteiger partial charge on any atom is -0.379 e. The van der Waals surface area contributed by atoms with E-state index in [0.29, 0.717) is 10.8 Å². The first-order valence-electron chi connectivity index (χ1n) is 9.50. The number of anilines is 4. The van der Waals surface area contributed by atoms with Crippen molar-refractivity contribution in [3.05, 3.63) is 34.7 Å². The molecule has 2 heterocycles. The SMILES string of the molecule is CC(=O)N1CCN(c2ccc(Nc3nc(Cl)ncc3Cl)c(NC(C)(C)C)c2)CC1. The Bertz CT molecular complexity index is 891. The van der Waals surface area contributed by atoms with E-state index in [2.05, 4.69) is 58.4 Å². The fourth-order valence-corrected chi connectivity index (χ4v) is 3.46.